The molecule has 1 aromatic carbocycles. The second-order valence-corrected chi connectivity index (χ2v) is 4.14. The molecule has 1 aromatic rings. The molecular formula is C12H16F2N2. The average molecular weight is 226 g/mol. The van der Waals surface area contributed by atoms with Crippen molar-refractivity contribution in [2.75, 3.05) is 31.1 Å². The fourth-order valence-electron chi connectivity index (χ4n) is 1.96. The summed E-state index contributed by atoms with van der Waals surface area (Å²) in [4.78, 5) is 1.90. The van der Waals surface area contributed by atoms with Crippen LogP contribution in [0.2, 0.25) is 0 Å². The Morgan fingerprint density at radius 1 is 1.12 bits per heavy atom. The molecule has 1 N–H and O–H groups in total. The van der Waals surface area contributed by atoms with Gasteiger partial charge in [-0.3, -0.25) is 0 Å². The summed E-state index contributed by atoms with van der Waals surface area (Å²) in [6.45, 7) is 4.82. The first-order chi connectivity index (χ1) is 7.68. The van der Waals surface area contributed by atoms with Crippen molar-refractivity contribution in [3.8, 4) is 0 Å². The van der Waals surface area contributed by atoms with Crippen LogP contribution in [0.4, 0.5) is 14.5 Å². The van der Waals surface area contributed by atoms with Crippen molar-refractivity contribution < 1.29 is 8.78 Å². The second-order valence-electron chi connectivity index (χ2n) is 4.14. The van der Waals surface area contributed by atoms with E-state index < -0.39 is 0 Å². The number of aryl methyl sites for hydroxylation is 1. The smallest absolute Gasteiger partial charge is 0.146 e. The Morgan fingerprint density at radius 3 is 2.75 bits per heavy atom. The van der Waals surface area contributed by atoms with E-state index in [1.165, 1.54) is 12.1 Å². The number of anilines is 1. The summed E-state index contributed by atoms with van der Waals surface area (Å²) in [6.07, 6.45) is 0.953. The van der Waals surface area contributed by atoms with Crippen LogP contribution in [0.25, 0.3) is 0 Å². The minimum absolute atomic E-state index is 0.333. The van der Waals surface area contributed by atoms with Crippen molar-refractivity contribution in [3.05, 3.63) is 29.3 Å². The number of hydrogen-bond donors (Lipinski definition) is 1. The van der Waals surface area contributed by atoms with Gasteiger partial charge in [-0.1, -0.05) is 0 Å². The van der Waals surface area contributed by atoms with E-state index in [4.69, 9.17) is 0 Å². The van der Waals surface area contributed by atoms with E-state index in [1.807, 2.05) is 4.90 Å². The summed E-state index contributed by atoms with van der Waals surface area (Å²) in [5.41, 5.74) is 0.737. The van der Waals surface area contributed by atoms with Crippen molar-refractivity contribution in [3.63, 3.8) is 0 Å². The monoisotopic (exact) mass is 226 g/mol. The number of halogens is 2. The molecule has 16 heavy (non-hydrogen) atoms. The van der Waals surface area contributed by atoms with Gasteiger partial charge in [0, 0.05) is 25.7 Å². The quantitative estimate of drug-likeness (QED) is 0.788. The third-order valence-electron chi connectivity index (χ3n) is 2.91. The highest BCUT2D eigenvalue weighted by molar-refractivity contribution is 5.49. The molecule has 1 aliphatic heterocycles. The number of benzene rings is 1. The molecule has 0 aromatic heterocycles. The highest BCUT2D eigenvalue weighted by Crippen LogP contribution is 2.23. The summed E-state index contributed by atoms with van der Waals surface area (Å²) in [7, 11) is 0. The summed E-state index contributed by atoms with van der Waals surface area (Å²) in [5, 5.41) is 3.23. The van der Waals surface area contributed by atoms with Gasteiger partial charge < -0.3 is 10.2 Å². The fraction of sp³-hybridized carbons (Fsp3) is 0.500. The normalized spacial score (nSPS) is 17.3. The van der Waals surface area contributed by atoms with Gasteiger partial charge in [0.25, 0.3) is 0 Å². The van der Waals surface area contributed by atoms with Crippen molar-refractivity contribution in [1.82, 2.24) is 5.32 Å². The lowest BCUT2D eigenvalue weighted by atomic mass is 10.2. The predicted octanol–water partition coefficient (Wildman–Crippen LogP) is 2.07. The van der Waals surface area contributed by atoms with Gasteiger partial charge in [-0.05, 0) is 31.5 Å². The number of hydrogen-bond acceptors (Lipinski definition) is 2. The molecule has 1 saturated heterocycles. The molecule has 1 aliphatic rings. The zero-order valence-electron chi connectivity index (χ0n) is 9.39. The Labute approximate surface area is 94.3 Å². The van der Waals surface area contributed by atoms with Crippen molar-refractivity contribution >= 4 is 5.69 Å². The molecule has 2 rings (SSSR count). The maximum absolute atomic E-state index is 13.7. The van der Waals surface area contributed by atoms with Crippen LogP contribution in [-0.4, -0.2) is 26.2 Å². The van der Waals surface area contributed by atoms with Gasteiger partial charge in [0.05, 0.1) is 5.69 Å². The summed E-state index contributed by atoms with van der Waals surface area (Å²) in [5.74, 6) is -0.672. The SMILES string of the molecule is Cc1cc(F)c(N2CCCNCC2)cc1F. The minimum Gasteiger partial charge on any atom is -0.368 e. The summed E-state index contributed by atoms with van der Waals surface area (Å²) in [6, 6.07) is 2.57. The summed E-state index contributed by atoms with van der Waals surface area (Å²) < 4.78 is 27.1. The minimum atomic E-state index is -0.339. The van der Waals surface area contributed by atoms with Crippen molar-refractivity contribution in [2.45, 2.75) is 13.3 Å². The maximum Gasteiger partial charge on any atom is 0.146 e. The molecule has 2 nitrogen and oxygen atoms in total. The van der Waals surface area contributed by atoms with Crippen LogP contribution in [0.5, 0.6) is 0 Å². The fourth-order valence-corrected chi connectivity index (χ4v) is 1.96. The molecule has 0 unspecified atom stereocenters. The lowest BCUT2D eigenvalue weighted by Crippen LogP contribution is -2.28. The molecule has 0 atom stereocenters. The van der Waals surface area contributed by atoms with Crippen LogP contribution in [0.3, 0.4) is 0 Å². The maximum atomic E-state index is 13.7. The highest BCUT2D eigenvalue weighted by Gasteiger charge is 2.15. The van der Waals surface area contributed by atoms with Gasteiger partial charge in [-0.15, -0.1) is 0 Å². The number of nitrogens with zero attached hydrogens (tertiary/aromatic N) is 1. The first kappa shape index (κ1) is 11.3. The molecule has 0 aliphatic carbocycles. The van der Waals surface area contributed by atoms with Crippen LogP contribution < -0.4 is 10.2 Å². The largest absolute Gasteiger partial charge is 0.368 e. The van der Waals surface area contributed by atoms with Gasteiger partial charge in [0.15, 0.2) is 0 Å². The van der Waals surface area contributed by atoms with Crippen LogP contribution in [-0.2, 0) is 0 Å². The second kappa shape index (κ2) is 4.78. The van der Waals surface area contributed by atoms with Crippen molar-refractivity contribution in [1.29, 1.82) is 0 Å². The van der Waals surface area contributed by atoms with Crippen LogP contribution in [0.1, 0.15) is 12.0 Å². The summed E-state index contributed by atoms with van der Waals surface area (Å²) >= 11 is 0. The Bertz CT molecular complexity index is 372. The zero-order chi connectivity index (χ0) is 11.5. The molecule has 0 amide bonds. The van der Waals surface area contributed by atoms with Gasteiger partial charge in [0.1, 0.15) is 11.6 Å². The highest BCUT2D eigenvalue weighted by atomic mass is 19.1. The molecule has 1 heterocycles. The van der Waals surface area contributed by atoms with E-state index in [9.17, 15) is 8.78 Å². The van der Waals surface area contributed by atoms with Crippen LogP contribution in [0.15, 0.2) is 12.1 Å². The first-order valence-corrected chi connectivity index (χ1v) is 5.60. The molecular weight excluding hydrogens is 210 g/mol. The molecule has 0 radical (unpaired) electrons. The number of nitrogens with one attached hydrogen (secondary N) is 1. The van der Waals surface area contributed by atoms with E-state index in [1.54, 1.807) is 6.92 Å². The Morgan fingerprint density at radius 2 is 1.94 bits per heavy atom. The molecule has 0 bridgehead atoms. The third-order valence-corrected chi connectivity index (χ3v) is 2.91. The van der Waals surface area contributed by atoms with E-state index in [2.05, 4.69) is 5.32 Å². The van der Waals surface area contributed by atoms with Gasteiger partial charge in [-0.2, -0.15) is 0 Å². The zero-order valence-corrected chi connectivity index (χ0v) is 9.39. The first-order valence-electron chi connectivity index (χ1n) is 5.60. The van der Waals surface area contributed by atoms with E-state index in [-0.39, 0.29) is 11.6 Å². The molecule has 0 spiro atoms. The Balaban J connectivity index is 2.27. The topological polar surface area (TPSA) is 15.3 Å². The van der Waals surface area contributed by atoms with E-state index in [0.717, 1.165) is 32.6 Å². The predicted molar refractivity (Wildman–Crippen MR) is 60.8 cm³/mol. The molecule has 88 valence electrons. The third kappa shape index (κ3) is 2.32. The molecule has 0 saturated carbocycles. The molecule has 1 fully saturated rings. The van der Waals surface area contributed by atoms with E-state index in [0.29, 0.717) is 11.3 Å². The Hall–Kier alpha value is -1.16. The lowest BCUT2D eigenvalue weighted by Gasteiger charge is -2.23. The van der Waals surface area contributed by atoms with Gasteiger partial charge >= 0.3 is 0 Å². The molecule has 4 heteroatoms. The van der Waals surface area contributed by atoms with Gasteiger partial charge in [0.2, 0.25) is 0 Å². The Kier molecular flexibility index (Phi) is 3.39. The van der Waals surface area contributed by atoms with Crippen LogP contribution in [0, 0.1) is 18.6 Å². The van der Waals surface area contributed by atoms with Crippen molar-refractivity contribution in [2.24, 2.45) is 0 Å². The van der Waals surface area contributed by atoms with Gasteiger partial charge in [-0.25, -0.2) is 8.78 Å². The number of rotatable bonds is 1. The van der Waals surface area contributed by atoms with Crippen LogP contribution >= 0.6 is 0 Å². The lowest BCUT2D eigenvalue weighted by molar-refractivity contribution is 0.586. The standard InChI is InChI=1S/C12H16F2N2/c1-9-7-11(14)12(8-10(9)13)16-5-2-3-15-4-6-16/h7-8,15H,2-6H2,1H3. The van der Waals surface area contributed by atoms with E-state index >= 15 is 0 Å². The average Bonchev–Trinajstić information content (AvgIpc) is 2.52.